The van der Waals surface area contributed by atoms with Crippen LogP contribution in [0.5, 0.6) is 0 Å². The molecule has 1 aliphatic carbocycles. The number of hydrogen-bond donors (Lipinski definition) is 0. The third-order valence-electron chi connectivity index (χ3n) is 3.25. The predicted octanol–water partition coefficient (Wildman–Crippen LogP) is 4.07. The molecule has 0 saturated heterocycles. The zero-order chi connectivity index (χ0) is 10.2. The van der Waals surface area contributed by atoms with E-state index < -0.39 is 6.86 Å². The van der Waals surface area contributed by atoms with E-state index in [-0.39, 0.29) is 6.10 Å². The molecule has 0 bridgehead atoms. The molecule has 0 radical (unpaired) electrons. The van der Waals surface area contributed by atoms with Crippen LogP contribution < -0.4 is 0 Å². The van der Waals surface area contributed by atoms with E-state index in [4.69, 9.17) is 4.74 Å². The van der Waals surface area contributed by atoms with Crippen LogP contribution in [0.1, 0.15) is 58.3 Å². The number of rotatable bonds is 6. The Morgan fingerprint density at radius 3 is 2.86 bits per heavy atom. The summed E-state index contributed by atoms with van der Waals surface area (Å²) in [5.74, 6) is 0.798. The van der Waals surface area contributed by atoms with Crippen molar-refractivity contribution >= 4 is 0 Å². The average Bonchev–Trinajstić information content (AvgIpc) is 2.19. The van der Waals surface area contributed by atoms with Gasteiger partial charge in [0.25, 0.3) is 0 Å². The van der Waals surface area contributed by atoms with Crippen molar-refractivity contribution in [1.82, 2.24) is 0 Å². The first-order valence-corrected chi connectivity index (χ1v) is 6.04. The van der Waals surface area contributed by atoms with Crippen LogP contribution in [0.15, 0.2) is 0 Å². The molecule has 1 fully saturated rings. The molecule has 1 aliphatic rings. The highest BCUT2D eigenvalue weighted by molar-refractivity contribution is 4.73. The molecule has 0 spiro atoms. The third-order valence-corrected chi connectivity index (χ3v) is 3.25. The molecular weight excluding hydrogens is 179 g/mol. The van der Waals surface area contributed by atoms with Gasteiger partial charge in [-0.25, -0.2) is 4.39 Å². The summed E-state index contributed by atoms with van der Waals surface area (Å²) < 4.78 is 17.0. The van der Waals surface area contributed by atoms with E-state index in [9.17, 15) is 4.39 Å². The first-order chi connectivity index (χ1) is 6.86. The summed E-state index contributed by atoms with van der Waals surface area (Å²) in [5, 5.41) is 0. The molecule has 1 saturated carbocycles. The van der Waals surface area contributed by atoms with Crippen LogP contribution >= 0.6 is 0 Å². The summed E-state index contributed by atoms with van der Waals surface area (Å²) in [6, 6.07) is 0. The lowest BCUT2D eigenvalue weighted by Gasteiger charge is -2.28. The van der Waals surface area contributed by atoms with Gasteiger partial charge < -0.3 is 4.74 Å². The topological polar surface area (TPSA) is 9.23 Å². The number of alkyl halides is 1. The summed E-state index contributed by atoms with van der Waals surface area (Å²) >= 11 is 0. The Bertz CT molecular complexity index is 136. The van der Waals surface area contributed by atoms with E-state index in [0.717, 1.165) is 18.8 Å². The molecule has 14 heavy (non-hydrogen) atoms. The van der Waals surface area contributed by atoms with Gasteiger partial charge in [-0.15, -0.1) is 0 Å². The monoisotopic (exact) mass is 202 g/mol. The van der Waals surface area contributed by atoms with Gasteiger partial charge in [0.2, 0.25) is 0 Å². The summed E-state index contributed by atoms with van der Waals surface area (Å²) in [7, 11) is 0. The van der Waals surface area contributed by atoms with E-state index >= 15 is 0 Å². The van der Waals surface area contributed by atoms with Gasteiger partial charge in [0.15, 0.2) is 6.86 Å². The van der Waals surface area contributed by atoms with Gasteiger partial charge in [0, 0.05) is 0 Å². The Morgan fingerprint density at radius 1 is 1.29 bits per heavy atom. The molecule has 84 valence electrons. The maximum atomic E-state index is 12.0. The number of ether oxygens (including phenoxy) is 1. The van der Waals surface area contributed by atoms with Crippen molar-refractivity contribution < 1.29 is 9.13 Å². The molecule has 2 heteroatoms. The fourth-order valence-corrected chi connectivity index (χ4v) is 2.43. The van der Waals surface area contributed by atoms with Crippen molar-refractivity contribution in [1.29, 1.82) is 0 Å². The SMILES string of the molecule is CCCCCC1CCCC(OCF)C1. The van der Waals surface area contributed by atoms with Gasteiger partial charge in [-0.2, -0.15) is 0 Å². The zero-order valence-corrected chi connectivity index (χ0v) is 9.30. The largest absolute Gasteiger partial charge is 0.347 e. The lowest BCUT2D eigenvalue weighted by molar-refractivity contribution is -0.0332. The minimum absolute atomic E-state index is 0.209. The van der Waals surface area contributed by atoms with Crippen LogP contribution in [0.25, 0.3) is 0 Å². The maximum Gasteiger partial charge on any atom is 0.188 e. The lowest BCUT2D eigenvalue weighted by atomic mass is 9.84. The molecule has 0 aromatic heterocycles. The fourth-order valence-electron chi connectivity index (χ4n) is 2.43. The summed E-state index contributed by atoms with van der Waals surface area (Å²) in [6.07, 6.45) is 10.2. The highest BCUT2D eigenvalue weighted by atomic mass is 19.1. The summed E-state index contributed by atoms with van der Waals surface area (Å²) in [5.41, 5.74) is 0. The minimum Gasteiger partial charge on any atom is -0.347 e. The van der Waals surface area contributed by atoms with Crippen LogP contribution in [0, 0.1) is 5.92 Å². The standard InChI is InChI=1S/C12H23FO/c1-2-3-4-6-11-7-5-8-12(9-11)14-10-13/h11-12H,2-10H2,1H3. The van der Waals surface area contributed by atoms with Gasteiger partial charge in [-0.3, -0.25) is 0 Å². The molecular formula is C12H23FO. The second-order valence-corrected chi connectivity index (χ2v) is 4.43. The Balaban J connectivity index is 2.12. The van der Waals surface area contributed by atoms with Crippen molar-refractivity contribution in [2.45, 2.75) is 64.4 Å². The van der Waals surface area contributed by atoms with E-state index in [1.54, 1.807) is 0 Å². The zero-order valence-electron chi connectivity index (χ0n) is 9.30. The van der Waals surface area contributed by atoms with Crippen LogP contribution in [0.3, 0.4) is 0 Å². The fraction of sp³-hybridized carbons (Fsp3) is 1.00. The Hall–Kier alpha value is -0.110. The van der Waals surface area contributed by atoms with Gasteiger partial charge in [-0.05, 0) is 18.8 Å². The second kappa shape index (κ2) is 7.22. The van der Waals surface area contributed by atoms with Gasteiger partial charge in [0.05, 0.1) is 6.10 Å². The maximum absolute atomic E-state index is 12.0. The molecule has 0 N–H and O–H groups in total. The quantitative estimate of drug-likeness (QED) is 0.590. The van der Waals surface area contributed by atoms with Crippen LogP contribution in [-0.2, 0) is 4.74 Å². The summed E-state index contributed by atoms with van der Waals surface area (Å²) in [4.78, 5) is 0. The lowest BCUT2D eigenvalue weighted by Crippen LogP contribution is -2.22. The van der Waals surface area contributed by atoms with Crippen molar-refractivity contribution in [2.75, 3.05) is 6.86 Å². The first kappa shape index (κ1) is 12.0. The molecule has 0 heterocycles. The number of hydrogen-bond acceptors (Lipinski definition) is 1. The molecule has 1 nitrogen and oxygen atoms in total. The Morgan fingerprint density at radius 2 is 2.14 bits per heavy atom. The minimum atomic E-state index is -0.605. The molecule has 2 unspecified atom stereocenters. The van der Waals surface area contributed by atoms with Crippen molar-refractivity contribution in [2.24, 2.45) is 5.92 Å². The third kappa shape index (κ3) is 4.41. The molecule has 2 atom stereocenters. The highest BCUT2D eigenvalue weighted by Gasteiger charge is 2.21. The van der Waals surface area contributed by atoms with Crippen molar-refractivity contribution in [3.8, 4) is 0 Å². The summed E-state index contributed by atoms with van der Waals surface area (Å²) in [6.45, 7) is 1.63. The number of halogens is 1. The Labute approximate surface area is 87.0 Å². The van der Waals surface area contributed by atoms with E-state index in [2.05, 4.69) is 6.92 Å². The van der Waals surface area contributed by atoms with Crippen LogP contribution in [-0.4, -0.2) is 13.0 Å². The van der Waals surface area contributed by atoms with E-state index in [1.165, 1.54) is 38.5 Å². The average molecular weight is 202 g/mol. The highest BCUT2D eigenvalue weighted by Crippen LogP contribution is 2.30. The first-order valence-electron chi connectivity index (χ1n) is 6.04. The molecule has 1 rings (SSSR count). The normalized spacial score (nSPS) is 27.9. The van der Waals surface area contributed by atoms with Gasteiger partial charge in [-0.1, -0.05) is 45.4 Å². The molecule has 0 aliphatic heterocycles. The van der Waals surface area contributed by atoms with Gasteiger partial charge in [0.1, 0.15) is 0 Å². The smallest absolute Gasteiger partial charge is 0.188 e. The Kier molecular flexibility index (Phi) is 6.17. The molecule has 0 aromatic carbocycles. The second-order valence-electron chi connectivity index (χ2n) is 4.43. The predicted molar refractivity (Wildman–Crippen MR) is 56.9 cm³/mol. The molecule has 0 amide bonds. The van der Waals surface area contributed by atoms with Gasteiger partial charge >= 0.3 is 0 Å². The van der Waals surface area contributed by atoms with E-state index in [1.807, 2.05) is 0 Å². The molecule has 0 aromatic rings. The van der Waals surface area contributed by atoms with Crippen LogP contribution in [0.4, 0.5) is 4.39 Å². The van der Waals surface area contributed by atoms with Crippen molar-refractivity contribution in [3.63, 3.8) is 0 Å². The number of unbranched alkanes of at least 4 members (excludes halogenated alkanes) is 2. The van der Waals surface area contributed by atoms with E-state index in [0.29, 0.717) is 0 Å². The van der Waals surface area contributed by atoms with Crippen LogP contribution in [0.2, 0.25) is 0 Å². The van der Waals surface area contributed by atoms with Crippen molar-refractivity contribution in [3.05, 3.63) is 0 Å².